The lowest BCUT2D eigenvalue weighted by atomic mass is 9.82. The van der Waals surface area contributed by atoms with E-state index >= 15 is 0 Å². The van der Waals surface area contributed by atoms with Crippen LogP contribution in [0.5, 0.6) is 0 Å². The van der Waals surface area contributed by atoms with Crippen molar-refractivity contribution in [2.75, 3.05) is 13.2 Å². The molecule has 1 saturated carbocycles. The molecular weight excluding hydrogens is 278 g/mol. The lowest BCUT2D eigenvalue weighted by molar-refractivity contribution is 0.00265. The normalized spacial score (nSPS) is 27.6. The number of thiophene rings is 1. The van der Waals surface area contributed by atoms with Crippen LogP contribution in [-0.4, -0.2) is 19.3 Å². The Hall–Kier alpha value is -0.0900. The van der Waals surface area contributed by atoms with E-state index in [1.54, 1.807) is 11.3 Å². The molecule has 1 aliphatic carbocycles. The van der Waals surface area contributed by atoms with Crippen molar-refractivity contribution in [1.82, 2.24) is 5.32 Å². The van der Waals surface area contributed by atoms with Gasteiger partial charge in [0.2, 0.25) is 0 Å². The van der Waals surface area contributed by atoms with Gasteiger partial charge in [0.15, 0.2) is 0 Å². The number of hydrogen-bond donors (Lipinski definition) is 1. The zero-order chi connectivity index (χ0) is 13.7. The average molecular weight is 302 g/mol. The second-order valence-corrected chi connectivity index (χ2v) is 7.59. The first-order valence-corrected chi connectivity index (χ1v) is 8.39. The molecule has 1 aromatic rings. The van der Waals surface area contributed by atoms with E-state index in [1.807, 2.05) is 6.07 Å². The lowest BCUT2D eigenvalue weighted by Gasteiger charge is -2.31. The summed E-state index contributed by atoms with van der Waals surface area (Å²) in [6, 6.07) is 4.02. The summed E-state index contributed by atoms with van der Waals surface area (Å²) < 4.78 is 6.84. The Balaban J connectivity index is 1.56. The molecule has 4 heteroatoms. The molecule has 0 bridgehead atoms. The van der Waals surface area contributed by atoms with Gasteiger partial charge in [0.1, 0.15) is 0 Å². The standard InChI is InChI=1S/C15H24ClNOS/c1-11-7-12(2)9-13(8-11)18-6-5-17-10-14-3-4-15(16)19-14/h3-4,11-13,17H,5-10H2,1-2H3. The van der Waals surface area contributed by atoms with Gasteiger partial charge in [0, 0.05) is 18.0 Å². The van der Waals surface area contributed by atoms with Gasteiger partial charge in [0.25, 0.3) is 0 Å². The van der Waals surface area contributed by atoms with Crippen molar-refractivity contribution in [2.45, 2.75) is 45.8 Å². The van der Waals surface area contributed by atoms with Crippen molar-refractivity contribution in [1.29, 1.82) is 0 Å². The largest absolute Gasteiger partial charge is 0.377 e. The summed E-state index contributed by atoms with van der Waals surface area (Å²) in [5.41, 5.74) is 0. The Labute approximate surface area is 125 Å². The molecule has 1 N–H and O–H groups in total. The SMILES string of the molecule is CC1CC(C)CC(OCCNCc2ccc(Cl)s2)C1. The van der Waals surface area contributed by atoms with Gasteiger partial charge >= 0.3 is 0 Å². The topological polar surface area (TPSA) is 21.3 Å². The molecule has 0 spiro atoms. The van der Waals surface area contributed by atoms with E-state index < -0.39 is 0 Å². The van der Waals surface area contributed by atoms with Crippen molar-refractivity contribution in [3.8, 4) is 0 Å². The average Bonchev–Trinajstić information content (AvgIpc) is 2.73. The Morgan fingerprint density at radius 1 is 1.26 bits per heavy atom. The van der Waals surface area contributed by atoms with E-state index in [-0.39, 0.29) is 0 Å². The molecular formula is C15H24ClNOS. The second-order valence-electron chi connectivity index (χ2n) is 5.79. The Morgan fingerprint density at radius 2 is 2.00 bits per heavy atom. The Morgan fingerprint density at radius 3 is 2.63 bits per heavy atom. The number of halogens is 1. The van der Waals surface area contributed by atoms with Crippen molar-refractivity contribution in [2.24, 2.45) is 11.8 Å². The second kappa shape index (κ2) is 7.63. The molecule has 2 nitrogen and oxygen atoms in total. The molecule has 19 heavy (non-hydrogen) atoms. The predicted molar refractivity (Wildman–Crippen MR) is 83.0 cm³/mol. The van der Waals surface area contributed by atoms with E-state index in [2.05, 4.69) is 25.2 Å². The molecule has 1 heterocycles. The molecule has 2 atom stereocenters. The molecule has 108 valence electrons. The summed E-state index contributed by atoms with van der Waals surface area (Å²) in [6.07, 6.45) is 4.28. The zero-order valence-electron chi connectivity index (χ0n) is 11.8. The summed E-state index contributed by atoms with van der Waals surface area (Å²) in [4.78, 5) is 1.28. The smallest absolute Gasteiger partial charge is 0.0931 e. The van der Waals surface area contributed by atoms with Crippen LogP contribution in [0.1, 0.15) is 38.0 Å². The van der Waals surface area contributed by atoms with E-state index in [0.717, 1.165) is 35.9 Å². The first-order chi connectivity index (χ1) is 9.13. The summed E-state index contributed by atoms with van der Waals surface area (Å²) >= 11 is 7.53. The van der Waals surface area contributed by atoms with Gasteiger partial charge in [-0.3, -0.25) is 0 Å². The van der Waals surface area contributed by atoms with Gasteiger partial charge in [-0.1, -0.05) is 25.4 Å². The van der Waals surface area contributed by atoms with Crippen LogP contribution >= 0.6 is 22.9 Å². The van der Waals surface area contributed by atoms with E-state index in [9.17, 15) is 0 Å². The highest BCUT2D eigenvalue weighted by molar-refractivity contribution is 7.16. The maximum absolute atomic E-state index is 5.98. The molecule has 0 amide bonds. The number of ether oxygens (including phenoxy) is 1. The maximum Gasteiger partial charge on any atom is 0.0931 e. The fourth-order valence-electron chi connectivity index (χ4n) is 2.97. The van der Waals surface area contributed by atoms with Crippen molar-refractivity contribution in [3.05, 3.63) is 21.3 Å². The number of nitrogens with one attached hydrogen (secondary N) is 1. The molecule has 1 aromatic heterocycles. The van der Waals surface area contributed by atoms with Crippen molar-refractivity contribution >= 4 is 22.9 Å². The maximum atomic E-state index is 5.98. The highest BCUT2D eigenvalue weighted by atomic mass is 35.5. The predicted octanol–water partition coefficient (Wildman–Crippen LogP) is 4.33. The van der Waals surface area contributed by atoms with Crippen LogP contribution in [0.3, 0.4) is 0 Å². The van der Waals surface area contributed by atoms with E-state index in [1.165, 1.54) is 24.1 Å². The quantitative estimate of drug-likeness (QED) is 0.790. The molecule has 0 aromatic carbocycles. The van der Waals surface area contributed by atoms with Crippen LogP contribution < -0.4 is 5.32 Å². The first kappa shape index (κ1) is 15.3. The molecule has 0 saturated heterocycles. The summed E-state index contributed by atoms with van der Waals surface area (Å²) in [5, 5.41) is 3.40. The van der Waals surface area contributed by atoms with Gasteiger partial charge in [-0.2, -0.15) is 0 Å². The van der Waals surface area contributed by atoms with Gasteiger partial charge in [-0.25, -0.2) is 0 Å². The Kier molecular flexibility index (Phi) is 6.14. The fourth-order valence-corrected chi connectivity index (χ4v) is 4.02. The van der Waals surface area contributed by atoms with Crippen LogP contribution in [0.4, 0.5) is 0 Å². The van der Waals surface area contributed by atoms with Crippen molar-refractivity contribution < 1.29 is 4.74 Å². The van der Waals surface area contributed by atoms with Crippen molar-refractivity contribution in [3.63, 3.8) is 0 Å². The van der Waals surface area contributed by atoms with Crippen LogP contribution in [0.25, 0.3) is 0 Å². The zero-order valence-corrected chi connectivity index (χ0v) is 13.4. The highest BCUT2D eigenvalue weighted by Gasteiger charge is 2.23. The third-order valence-electron chi connectivity index (χ3n) is 3.70. The van der Waals surface area contributed by atoms with Crippen LogP contribution in [0.15, 0.2) is 12.1 Å². The number of hydrogen-bond acceptors (Lipinski definition) is 3. The van der Waals surface area contributed by atoms with Gasteiger partial charge in [0.05, 0.1) is 17.0 Å². The van der Waals surface area contributed by atoms with Gasteiger partial charge in [-0.15, -0.1) is 11.3 Å². The highest BCUT2D eigenvalue weighted by Crippen LogP contribution is 2.30. The molecule has 1 fully saturated rings. The van der Waals surface area contributed by atoms with Gasteiger partial charge < -0.3 is 10.1 Å². The monoisotopic (exact) mass is 301 g/mol. The minimum absolute atomic E-state index is 0.469. The summed E-state index contributed by atoms with van der Waals surface area (Å²) in [6.45, 7) is 7.28. The Bertz CT molecular complexity index is 372. The molecule has 0 aliphatic heterocycles. The lowest BCUT2D eigenvalue weighted by Crippen LogP contribution is -2.29. The van der Waals surface area contributed by atoms with Crippen LogP contribution in [0.2, 0.25) is 4.34 Å². The summed E-state index contributed by atoms with van der Waals surface area (Å²) in [5.74, 6) is 1.63. The van der Waals surface area contributed by atoms with E-state index in [0.29, 0.717) is 6.10 Å². The van der Waals surface area contributed by atoms with Crippen LogP contribution in [-0.2, 0) is 11.3 Å². The summed E-state index contributed by atoms with van der Waals surface area (Å²) in [7, 11) is 0. The fraction of sp³-hybridized carbons (Fsp3) is 0.733. The molecule has 0 radical (unpaired) electrons. The third kappa shape index (κ3) is 5.42. The molecule has 2 unspecified atom stereocenters. The minimum atomic E-state index is 0.469. The van der Waals surface area contributed by atoms with Crippen LogP contribution in [0, 0.1) is 11.8 Å². The van der Waals surface area contributed by atoms with E-state index in [4.69, 9.17) is 16.3 Å². The minimum Gasteiger partial charge on any atom is -0.377 e. The molecule has 1 aliphatic rings. The molecule has 2 rings (SSSR count). The first-order valence-electron chi connectivity index (χ1n) is 7.20. The van der Waals surface area contributed by atoms with Gasteiger partial charge in [-0.05, 0) is 43.2 Å². The third-order valence-corrected chi connectivity index (χ3v) is 4.93. The number of rotatable bonds is 6.